The largest absolute Gasteiger partial charge is 0.487 e. The number of nitrogens with zero attached hydrogens (tertiary/aromatic N) is 1. The first kappa shape index (κ1) is 22.5. The Labute approximate surface area is 205 Å². The Morgan fingerprint density at radius 3 is 2.38 bits per heavy atom. The molecule has 0 aliphatic carbocycles. The van der Waals surface area contributed by atoms with E-state index in [9.17, 15) is 14.0 Å². The van der Waals surface area contributed by atoms with E-state index in [4.69, 9.17) is 16.3 Å². The van der Waals surface area contributed by atoms with Gasteiger partial charge in [-0.1, -0.05) is 23.7 Å². The summed E-state index contributed by atoms with van der Waals surface area (Å²) in [7, 11) is 0. The summed E-state index contributed by atoms with van der Waals surface area (Å²) in [6.07, 6.45) is 1.57. The van der Waals surface area contributed by atoms with Crippen molar-refractivity contribution in [2.75, 3.05) is 4.90 Å². The second kappa shape index (κ2) is 9.44. The van der Waals surface area contributed by atoms with E-state index in [1.165, 1.54) is 12.1 Å². The maximum Gasteiger partial charge on any atom is 0.333 e. The van der Waals surface area contributed by atoms with Crippen LogP contribution in [0.1, 0.15) is 11.1 Å². The van der Waals surface area contributed by atoms with Crippen molar-refractivity contribution in [1.29, 1.82) is 0 Å². The van der Waals surface area contributed by atoms with Crippen LogP contribution in [-0.4, -0.2) is 11.9 Å². The molecule has 1 aliphatic rings. The number of urea groups is 1. The zero-order chi connectivity index (χ0) is 22.8. The number of carbonyl (C=O) groups is 2. The SMILES string of the molecule is O=C1N/C(=C/c2cc(Br)c(OCc3cccc(F)c3)c(Br)c2)C(=O)N1c1ccc(Cl)cc1. The van der Waals surface area contributed by atoms with Crippen LogP contribution in [0.25, 0.3) is 6.08 Å². The van der Waals surface area contributed by atoms with E-state index in [2.05, 4.69) is 37.2 Å². The molecule has 1 saturated heterocycles. The van der Waals surface area contributed by atoms with Crippen molar-refractivity contribution in [2.24, 2.45) is 0 Å². The van der Waals surface area contributed by atoms with Crippen molar-refractivity contribution >= 4 is 67.2 Å². The average molecular weight is 581 g/mol. The zero-order valence-corrected chi connectivity index (χ0v) is 20.2. The predicted molar refractivity (Wildman–Crippen MR) is 128 cm³/mol. The predicted octanol–water partition coefficient (Wildman–Crippen LogP) is 6.68. The van der Waals surface area contributed by atoms with E-state index in [0.717, 1.165) is 4.90 Å². The summed E-state index contributed by atoms with van der Waals surface area (Å²) >= 11 is 12.8. The number of rotatable bonds is 5. The van der Waals surface area contributed by atoms with Gasteiger partial charge in [-0.2, -0.15) is 0 Å². The van der Waals surface area contributed by atoms with Gasteiger partial charge in [-0.15, -0.1) is 0 Å². The van der Waals surface area contributed by atoms with Crippen molar-refractivity contribution in [2.45, 2.75) is 6.61 Å². The number of imide groups is 1. The number of ether oxygens (including phenoxy) is 1. The molecule has 9 heteroatoms. The van der Waals surface area contributed by atoms with Gasteiger partial charge in [-0.25, -0.2) is 14.1 Å². The maximum atomic E-state index is 13.4. The molecular weight excluding hydrogens is 567 g/mol. The minimum Gasteiger partial charge on any atom is -0.487 e. The Kier molecular flexibility index (Phi) is 6.64. The highest BCUT2D eigenvalue weighted by molar-refractivity contribution is 9.11. The number of nitrogens with one attached hydrogen (secondary N) is 1. The number of halogens is 4. The fraction of sp³-hybridized carbons (Fsp3) is 0.0435. The minimum atomic E-state index is -0.545. The van der Waals surface area contributed by atoms with Gasteiger partial charge in [0, 0.05) is 5.02 Å². The lowest BCUT2D eigenvalue weighted by molar-refractivity contribution is -0.113. The van der Waals surface area contributed by atoms with Crippen molar-refractivity contribution in [3.63, 3.8) is 0 Å². The van der Waals surface area contributed by atoms with Crippen LogP contribution < -0.4 is 15.0 Å². The summed E-state index contributed by atoms with van der Waals surface area (Å²) < 4.78 is 20.4. The van der Waals surface area contributed by atoms with Crippen LogP contribution in [0.4, 0.5) is 14.9 Å². The van der Waals surface area contributed by atoms with Crippen LogP contribution in [0.5, 0.6) is 5.75 Å². The highest BCUT2D eigenvalue weighted by Gasteiger charge is 2.34. The van der Waals surface area contributed by atoms with Gasteiger partial charge in [0.1, 0.15) is 23.9 Å². The summed E-state index contributed by atoms with van der Waals surface area (Å²) in [6, 6.07) is 15.5. The third-order valence-corrected chi connectivity index (χ3v) is 6.00. The first-order chi connectivity index (χ1) is 15.3. The van der Waals surface area contributed by atoms with Crippen LogP contribution in [0.15, 0.2) is 75.3 Å². The van der Waals surface area contributed by atoms with Gasteiger partial charge in [-0.3, -0.25) is 4.79 Å². The molecule has 1 N–H and O–H groups in total. The third-order valence-electron chi connectivity index (χ3n) is 4.57. The number of hydrogen-bond donors (Lipinski definition) is 1. The van der Waals surface area contributed by atoms with Crippen LogP contribution in [0.3, 0.4) is 0 Å². The highest BCUT2D eigenvalue weighted by Crippen LogP contribution is 2.36. The van der Waals surface area contributed by atoms with E-state index in [1.807, 2.05) is 0 Å². The Balaban J connectivity index is 1.54. The lowest BCUT2D eigenvalue weighted by Crippen LogP contribution is -2.30. The van der Waals surface area contributed by atoms with Crippen molar-refractivity contribution < 1.29 is 18.7 Å². The van der Waals surface area contributed by atoms with Crippen LogP contribution in [0, 0.1) is 5.82 Å². The molecule has 3 aromatic carbocycles. The molecular formula is C23H14Br2ClFN2O3. The monoisotopic (exact) mass is 578 g/mol. The van der Waals surface area contributed by atoms with Crippen LogP contribution in [0.2, 0.25) is 5.02 Å². The first-order valence-electron chi connectivity index (χ1n) is 9.31. The minimum absolute atomic E-state index is 0.136. The first-order valence-corrected chi connectivity index (χ1v) is 11.3. The van der Waals surface area contributed by atoms with Gasteiger partial charge < -0.3 is 10.1 Å². The van der Waals surface area contributed by atoms with Crippen LogP contribution in [-0.2, 0) is 11.4 Å². The van der Waals surface area contributed by atoms with E-state index in [-0.39, 0.29) is 18.1 Å². The Bertz CT molecular complexity index is 1230. The quantitative estimate of drug-likeness (QED) is 0.271. The van der Waals surface area contributed by atoms with Crippen LogP contribution >= 0.6 is 43.5 Å². The molecule has 1 fully saturated rings. The zero-order valence-electron chi connectivity index (χ0n) is 16.2. The lowest BCUT2D eigenvalue weighted by atomic mass is 10.1. The number of anilines is 1. The Morgan fingerprint density at radius 1 is 1.03 bits per heavy atom. The van der Waals surface area contributed by atoms with Crippen molar-refractivity contribution in [3.05, 3.63) is 97.3 Å². The van der Waals surface area contributed by atoms with E-state index < -0.39 is 11.9 Å². The molecule has 5 nitrogen and oxygen atoms in total. The summed E-state index contributed by atoms with van der Waals surface area (Å²) in [5.41, 5.74) is 1.90. The fourth-order valence-electron chi connectivity index (χ4n) is 3.11. The van der Waals surface area contributed by atoms with E-state index >= 15 is 0 Å². The number of amides is 3. The van der Waals surface area contributed by atoms with Gasteiger partial charge >= 0.3 is 6.03 Å². The Morgan fingerprint density at radius 2 is 1.72 bits per heavy atom. The number of carbonyl (C=O) groups excluding carboxylic acids is 2. The van der Waals surface area contributed by atoms with E-state index in [1.54, 1.807) is 54.6 Å². The van der Waals surface area contributed by atoms with Gasteiger partial charge in [0.25, 0.3) is 5.91 Å². The standard InChI is InChI=1S/C23H14Br2ClFN2O3/c24-18-9-14(10-19(25)21(18)32-12-13-2-1-3-16(27)8-13)11-20-22(30)29(23(31)28-20)17-6-4-15(26)5-7-17/h1-11H,12H2,(H,28,31)/b20-11+. The molecule has 32 heavy (non-hydrogen) atoms. The molecule has 1 aliphatic heterocycles. The summed E-state index contributed by atoms with van der Waals surface area (Å²) in [6.45, 7) is 0.181. The second-order valence-electron chi connectivity index (χ2n) is 6.84. The molecule has 0 unspecified atom stereocenters. The highest BCUT2D eigenvalue weighted by atomic mass is 79.9. The Hall–Kier alpha value is -2.68. The molecule has 0 bridgehead atoms. The maximum absolute atomic E-state index is 13.4. The van der Waals surface area contributed by atoms with Crippen molar-refractivity contribution in [3.8, 4) is 5.75 Å². The molecule has 0 aromatic heterocycles. The van der Waals surface area contributed by atoms with E-state index in [0.29, 0.717) is 36.5 Å². The van der Waals surface area contributed by atoms with Crippen molar-refractivity contribution in [1.82, 2.24) is 5.32 Å². The number of hydrogen-bond acceptors (Lipinski definition) is 3. The number of benzene rings is 3. The molecule has 3 amide bonds. The smallest absolute Gasteiger partial charge is 0.333 e. The van der Waals surface area contributed by atoms with Gasteiger partial charge in [0.05, 0.1) is 14.6 Å². The second-order valence-corrected chi connectivity index (χ2v) is 8.98. The van der Waals surface area contributed by atoms with Gasteiger partial charge in [0.2, 0.25) is 0 Å². The lowest BCUT2D eigenvalue weighted by Gasteiger charge is -2.12. The summed E-state index contributed by atoms with van der Waals surface area (Å²) in [4.78, 5) is 26.2. The molecule has 1 heterocycles. The molecule has 0 atom stereocenters. The third kappa shape index (κ3) is 4.87. The topological polar surface area (TPSA) is 58.6 Å². The molecule has 0 radical (unpaired) electrons. The fourth-order valence-corrected chi connectivity index (χ4v) is 4.69. The average Bonchev–Trinajstić information content (AvgIpc) is 3.01. The molecule has 162 valence electrons. The molecule has 4 rings (SSSR count). The normalized spacial score (nSPS) is 14.8. The molecule has 0 spiro atoms. The van der Waals surface area contributed by atoms with Gasteiger partial charge in [0.15, 0.2) is 0 Å². The molecule has 0 saturated carbocycles. The van der Waals surface area contributed by atoms with Gasteiger partial charge in [-0.05, 0) is 97.6 Å². The summed E-state index contributed by atoms with van der Waals surface area (Å²) in [5.74, 6) is -0.279. The summed E-state index contributed by atoms with van der Waals surface area (Å²) in [5, 5.41) is 3.09. The molecule has 3 aromatic rings.